The maximum atomic E-state index is 13.7. The van der Waals surface area contributed by atoms with Crippen LogP contribution in [0.15, 0.2) is 78.9 Å². The lowest BCUT2D eigenvalue weighted by molar-refractivity contribution is -0.140. The van der Waals surface area contributed by atoms with Crippen molar-refractivity contribution in [2.75, 3.05) is 6.54 Å². The second kappa shape index (κ2) is 13.0. The molecule has 0 aliphatic carbocycles. The van der Waals surface area contributed by atoms with Gasteiger partial charge in [-0.2, -0.15) is 0 Å². The van der Waals surface area contributed by atoms with E-state index in [1.807, 2.05) is 73.7 Å². The third-order valence-electron chi connectivity index (χ3n) is 5.95. The van der Waals surface area contributed by atoms with Crippen LogP contribution >= 0.6 is 11.6 Å². The zero-order chi connectivity index (χ0) is 24.3. The minimum Gasteiger partial charge on any atom is -0.354 e. The zero-order valence-electron chi connectivity index (χ0n) is 20.0. The number of aryl methyl sites for hydroxylation is 1. The Kier molecular flexibility index (Phi) is 9.72. The summed E-state index contributed by atoms with van der Waals surface area (Å²) in [5.41, 5.74) is 3.97. The Balaban J connectivity index is 1.95. The van der Waals surface area contributed by atoms with Crippen LogP contribution in [0, 0.1) is 6.92 Å². The van der Waals surface area contributed by atoms with Crippen LogP contribution < -0.4 is 5.32 Å². The number of carbonyl (C=O) groups excluding carboxylic acids is 2. The third kappa shape index (κ3) is 7.46. The largest absolute Gasteiger partial charge is 0.354 e. The highest BCUT2D eigenvalue weighted by Gasteiger charge is 2.30. The van der Waals surface area contributed by atoms with Gasteiger partial charge in [0.2, 0.25) is 11.8 Å². The van der Waals surface area contributed by atoms with Crippen molar-refractivity contribution in [3.63, 3.8) is 0 Å². The van der Waals surface area contributed by atoms with Gasteiger partial charge in [0.05, 0.1) is 6.42 Å². The first kappa shape index (κ1) is 25.5. The first-order chi connectivity index (χ1) is 16.5. The van der Waals surface area contributed by atoms with Gasteiger partial charge in [-0.25, -0.2) is 0 Å². The fourth-order valence-corrected chi connectivity index (χ4v) is 4.17. The van der Waals surface area contributed by atoms with E-state index in [1.165, 1.54) is 0 Å². The fourth-order valence-electron chi connectivity index (χ4n) is 3.95. The number of benzene rings is 3. The summed E-state index contributed by atoms with van der Waals surface area (Å²) in [5.74, 6) is -0.220. The van der Waals surface area contributed by atoms with Crippen molar-refractivity contribution < 1.29 is 9.59 Å². The van der Waals surface area contributed by atoms with Crippen LogP contribution in [-0.2, 0) is 29.0 Å². The van der Waals surface area contributed by atoms with Crippen LogP contribution in [0.3, 0.4) is 0 Å². The lowest BCUT2D eigenvalue weighted by Crippen LogP contribution is -2.51. The number of amides is 2. The van der Waals surface area contributed by atoms with Gasteiger partial charge in [-0.3, -0.25) is 9.59 Å². The summed E-state index contributed by atoms with van der Waals surface area (Å²) in [7, 11) is 0. The SMILES string of the molecule is CCCCNC(=O)[C@@H](Cc1ccccc1)N(Cc1ccccc1C)C(=O)Cc1cccc(Cl)c1. The van der Waals surface area contributed by atoms with Crippen LogP contribution in [0.2, 0.25) is 5.02 Å². The third-order valence-corrected chi connectivity index (χ3v) is 6.18. The Morgan fingerprint density at radius 1 is 0.941 bits per heavy atom. The molecule has 0 aromatic heterocycles. The standard InChI is InChI=1S/C29H33ClN2O2/c1-3-4-17-31-29(34)27(19-23-12-6-5-7-13-23)32(21-25-15-9-8-11-22(25)2)28(33)20-24-14-10-16-26(30)18-24/h5-16,18,27H,3-4,17,19-21H2,1-2H3,(H,31,34)/t27-/m1/s1. The quantitative estimate of drug-likeness (QED) is 0.358. The number of carbonyl (C=O) groups is 2. The molecule has 0 saturated carbocycles. The lowest BCUT2D eigenvalue weighted by atomic mass is 10.0. The van der Waals surface area contributed by atoms with Crippen LogP contribution in [0.25, 0.3) is 0 Å². The van der Waals surface area contributed by atoms with Crippen LogP contribution in [0.5, 0.6) is 0 Å². The van der Waals surface area contributed by atoms with Crippen molar-refractivity contribution in [1.29, 1.82) is 0 Å². The molecule has 3 rings (SSSR count). The summed E-state index contributed by atoms with van der Waals surface area (Å²) < 4.78 is 0. The van der Waals surface area contributed by atoms with Crippen LogP contribution in [0.4, 0.5) is 0 Å². The Morgan fingerprint density at radius 3 is 2.35 bits per heavy atom. The molecular formula is C29H33ClN2O2. The Morgan fingerprint density at radius 2 is 1.65 bits per heavy atom. The van der Waals surface area contributed by atoms with Gasteiger partial charge in [0.15, 0.2) is 0 Å². The van der Waals surface area contributed by atoms with E-state index in [0.29, 0.717) is 24.5 Å². The average molecular weight is 477 g/mol. The predicted molar refractivity (Wildman–Crippen MR) is 139 cm³/mol. The van der Waals surface area contributed by atoms with E-state index in [9.17, 15) is 9.59 Å². The molecule has 1 atom stereocenters. The number of halogens is 1. The van der Waals surface area contributed by atoms with Crippen molar-refractivity contribution in [3.8, 4) is 0 Å². The summed E-state index contributed by atoms with van der Waals surface area (Å²) in [5, 5.41) is 3.65. The molecule has 1 N–H and O–H groups in total. The monoisotopic (exact) mass is 476 g/mol. The van der Waals surface area contributed by atoms with E-state index < -0.39 is 6.04 Å². The zero-order valence-corrected chi connectivity index (χ0v) is 20.7. The van der Waals surface area contributed by atoms with E-state index in [4.69, 9.17) is 11.6 Å². The summed E-state index contributed by atoms with van der Waals surface area (Å²) in [6, 6.07) is 24.6. The fraction of sp³-hybridized carbons (Fsp3) is 0.310. The van der Waals surface area contributed by atoms with Gasteiger partial charge < -0.3 is 10.2 Å². The first-order valence-corrected chi connectivity index (χ1v) is 12.3. The first-order valence-electron chi connectivity index (χ1n) is 11.9. The summed E-state index contributed by atoms with van der Waals surface area (Å²) in [6.45, 7) is 5.08. The van der Waals surface area contributed by atoms with Gasteiger partial charge in [0, 0.05) is 24.5 Å². The molecule has 0 fully saturated rings. The topological polar surface area (TPSA) is 49.4 Å². The predicted octanol–water partition coefficient (Wildman–Crippen LogP) is 5.75. The molecule has 178 valence electrons. The molecule has 0 aliphatic heterocycles. The average Bonchev–Trinajstić information content (AvgIpc) is 2.83. The maximum absolute atomic E-state index is 13.7. The maximum Gasteiger partial charge on any atom is 0.243 e. The van der Waals surface area contributed by atoms with E-state index in [0.717, 1.165) is 35.1 Å². The summed E-state index contributed by atoms with van der Waals surface area (Å²) >= 11 is 6.16. The number of hydrogen-bond donors (Lipinski definition) is 1. The molecule has 3 aromatic rings. The number of rotatable bonds is 11. The number of nitrogens with one attached hydrogen (secondary N) is 1. The van der Waals surface area contributed by atoms with Crippen molar-refractivity contribution in [2.45, 2.75) is 52.1 Å². The Labute approximate surface area is 207 Å². The van der Waals surface area contributed by atoms with Crippen molar-refractivity contribution >= 4 is 23.4 Å². The van der Waals surface area contributed by atoms with Crippen molar-refractivity contribution in [3.05, 3.63) is 106 Å². The second-order valence-electron chi connectivity index (χ2n) is 8.60. The molecule has 3 aromatic carbocycles. The molecule has 0 spiro atoms. The molecule has 0 heterocycles. The van der Waals surface area contributed by atoms with Gasteiger partial charge in [0.25, 0.3) is 0 Å². The molecule has 4 nitrogen and oxygen atoms in total. The van der Waals surface area contributed by atoms with Gasteiger partial charge in [-0.05, 0) is 47.7 Å². The van der Waals surface area contributed by atoms with Crippen LogP contribution in [0.1, 0.15) is 42.0 Å². The van der Waals surface area contributed by atoms with E-state index in [1.54, 1.807) is 17.0 Å². The van der Waals surface area contributed by atoms with Gasteiger partial charge >= 0.3 is 0 Å². The summed E-state index contributed by atoms with van der Waals surface area (Å²) in [6.07, 6.45) is 2.52. The summed E-state index contributed by atoms with van der Waals surface area (Å²) in [4.78, 5) is 28.9. The highest BCUT2D eigenvalue weighted by Crippen LogP contribution is 2.19. The Bertz CT molecular complexity index is 1080. The van der Waals surface area contributed by atoms with Crippen LogP contribution in [-0.4, -0.2) is 29.3 Å². The number of hydrogen-bond acceptors (Lipinski definition) is 2. The molecule has 0 radical (unpaired) electrons. The van der Waals surface area contributed by atoms with E-state index >= 15 is 0 Å². The minimum absolute atomic E-state index is 0.0999. The molecule has 5 heteroatoms. The van der Waals surface area contributed by atoms with E-state index in [-0.39, 0.29) is 18.2 Å². The molecule has 2 amide bonds. The molecule has 0 saturated heterocycles. The highest BCUT2D eigenvalue weighted by atomic mass is 35.5. The molecule has 0 aliphatic rings. The lowest BCUT2D eigenvalue weighted by Gasteiger charge is -2.32. The Hall–Kier alpha value is -3.11. The normalized spacial score (nSPS) is 11.6. The minimum atomic E-state index is -0.620. The number of nitrogens with zero attached hydrogens (tertiary/aromatic N) is 1. The highest BCUT2D eigenvalue weighted by molar-refractivity contribution is 6.30. The molecule has 0 bridgehead atoms. The van der Waals surface area contributed by atoms with Crippen molar-refractivity contribution in [2.24, 2.45) is 0 Å². The van der Waals surface area contributed by atoms with Gasteiger partial charge in [0.1, 0.15) is 6.04 Å². The van der Waals surface area contributed by atoms with Gasteiger partial charge in [-0.1, -0.05) is 91.7 Å². The molecule has 34 heavy (non-hydrogen) atoms. The van der Waals surface area contributed by atoms with Gasteiger partial charge in [-0.15, -0.1) is 0 Å². The second-order valence-corrected chi connectivity index (χ2v) is 9.04. The van der Waals surface area contributed by atoms with Crippen molar-refractivity contribution in [1.82, 2.24) is 10.2 Å². The smallest absolute Gasteiger partial charge is 0.243 e. The number of unbranched alkanes of at least 4 members (excludes halogenated alkanes) is 1. The molecular weight excluding hydrogens is 444 g/mol. The van der Waals surface area contributed by atoms with E-state index in [2.05, 4.69) is 12.2 Å². The molecule has 0 unspecified atom stereocenters.